The van der Waals surface area contributed by atoms with E-state index in [1.54, 1.807) is 63.4 Å². The summed E-state index contributed by atoms with van der Waals surface area (Å²) in [6.45, 7) is 11.3. The topological polar surface area (TPSA) is 161 Å². The summed E-state index contributed by atoms with van der Waals surface area (Å²) in [5, 5.41) is 6.08. The molecule has 4 aromatic rings. The van der Waals surface area contributed by atoms with Crippen LogP contribution in [0.3, 0.4) is 0 Å². The predicted molar refractivity (Wildman–Crippen MR) is 183 cm³/mol. The van der Waals surface area contributed by atoms with Crippen molar-refractivity contribution in [2.24, 2.45) is 0 Å². The number of rotatable bonds is 7. The van der Waals surface area contributed by atoms with Crippen LogP contribution in [0.15, 0.2) is 72.9 Å². The summed E-state index contributed by atoms with van der Waals surface area (Å²) in [4.78, 5) is 39.9. The lowest BCUT2D eigenvalue weighted by molar-refractivity contribution is 0.0544. The van der Waals surface area contributed by atoms with Crippen molar-refractivity contribution < 1.29 is 36.0 Å². The number of nitrogens with zero attached hydrogens (tertiary/aromatic N) is 2. The minimum Gasteiger partial charge on any atom is -0.443 e. The second kappa shape index (κ2) is 12.5. The molecule has 0 aliphatic heterocycles. The Hall–Kier alpha value is -4.69. The van der Waals surface area contributed by atoms with Crippen molar-refractivity contribution in [3.63, 3.8) is 0 Å². The number of carbonyl (C=O) groups excluding carboxylic acids is 3. The summed E-state index contributed by atoms with van der Waals surface area (Å²) < 4.78 is 57.0. The van der Waals surface area contributed by atoms with Crippen LogP contribution < -0.4 is 14.3 Å². The van der Waals surface area contributed by atoms with Gasteiger partial charge in [-0.2, -0.15) is 3.71 Å². The van der Waals surface area contributed by atoms with E-state index in [0.29, 0.717) is 16.5 Å². The molecule has 1 heterocycles. The maximum atomic E-state index is 13.8. The summed E-state index contributed by atoms with van der Waals surface area (Å²) in [5.74, 6) is -1.34. The van der Waals surface area contributed by atoms with Gasteiger partial charge in [-0.05, 0) is 80.3 Å². The lowest BCUT2D eigenvalue weighted by Gasteiger charge is -2.22. The van der Waals surface area contributed by atoms with Crippen LogP contribution in [0.1, 0.15) is 67.8 Å². The van der Waals surface area contributed by atoms with Crippen LogP contribution in [-0.2, 0) is 30.2 Å². The van der Waals surface area contributed by atoms with E-state index >= 15 is 0 Å². The molecule has 0 aliphatic carbocycles. The third-order valence-electron chi connectivity index (χ3n) is 6.86. The first-order valence-corrected chi connectivity index (χ1v) is 18.2. The van der Waals surface area contributed by atoms with Crippen LogP contribution >= 0.6 is 0 Å². The second-order valence-electron chi connectivity index (χ2n) is 13.1. The summed E-state index contributed by atoms with van der Waals surface area (Å²) in [6, 6.07) is 17.0. The summed E-state index contributed by atoms with van der Waals surface area (Å²) in [5.41, 5.74) is 0.573. The van der Waals surface area contributed by atoms with Gasteiger partial charge in [0.25, 0.3) is 11.8 Å². The Labute approximate surface area is 274 Å². The standard InChI is InChI=1S/C33H38N4O8S2/c1-32(2,3)23-12-9-22(10-13-23)29(38)35-27-16-15-25(37(46(7,41)42)47(8,43)44)20-26(27)30(39)34-24-14-11-21-17-18-36(28(21)19-24)31(40)45-33(4,5)6/h9-20H,1-8H3,(H,34,39)(H,35,38). The first-order valence-electron chi connectivity index (χ1n) is 14.5. The SMILES string of the molecule is CC(C)(C)OC(=O)n1ccc2ccc(NC(=O)c3cc(N(S(C)(=O)=O)S(C)(=O)=O)ccc3NC(=O)c3ccc(C(C)(C)C)cc3)cc21. The number of aromatic nitrogens is 1. The zero-order chi connectivity index (χ0) is 35.1. The quantitative estimate of drug-likeness (QED) is 0.242. The number of amides is 2. The minimum atomic E-state index is -4.34. The first-order chi connectivity index (χ1) is 21.5. The van der Waals surface area contributed by atoms with E-state index in [9.17, 15) is 31.2 Å². The number of anilines is 3. The van der Waals surface area contributed by atoms with Gasteiger partial charge in [0.1, 0.15) is 5.60 Å². The Balaban J connectivity index is 1.75. The molecule has 0 atom stereocenters. The molecule has 0 saturated heterocycles. The Kier molecular flexibility index (Phi) is 9.35. The number of nitrogens with one attached hydrogen (secondary N) is 2. The molecule has 1 aromatic heterocycles. The number of benzene rings is 3. The molecule has 2 amide bonds. The van der Waals surface area contributed by atoms with Crippen molar-refractivity contribution in [1.82, 2.24) is 4.57 Å². The van der Waals surface area contributed by atoms with Crippen LogP contribution in [0.4, 0.5) is 21.9 Å². The average Bonchev–Trinajstić information content (AvgIpc) is 3.34. The van der Waals surface area contributed by atoms with E-state index in [0.717, 1.165) is 24.1 Å². The molecule has 3 aromatic carbocycles. The molecular formula is C33H38N4O8S2. The van der Waals surface area contributed by atoms with Crippen molar-refractivity contribution in [1.29, 1.82) is 0 Å². The number of carbonyl (C=O) groups is 3. The molecule has 12 nitrogen and oxygen atoms in total. The fraction of sp³-hybridized carbons (Fsp3) is 0.303. The van der Waals surface area contributed by atoms with Gasteiger partial charge >= 0.3 is 6.09 Å². The number of hydrogen-bond donors (Lipinski definition) is 2. The third kappa shape index (κ3) is 8.37. The van der Waals surface area contributed by atoms with Crippen molar-refractivity contribution in [2.75, 3.05) is 26.9 Å². The van der Waals surface area contributed by atoms with Gasteiger partial charge in [0.2, 0.25) is 20.0 Å². The maximum Gasteiger partial charge on any atom is 0.418 e. The summed E-state index contributed by atoms with van der Waals surface area (Å²) >= 11 is 0. The largest absolute Gasteiger partial charge is 0.443 e. The van der Waals surface area contributed by atoms with Gasteiger partial charge in [-0.25, -0.2) is 21.6 Å². The highest BCUT2D eigenvalue weighted by atomic mass is 32.3. The normalized spacial score (nSPS) is 12.4. The zero-order valence-electron chi connectivity index (χ0n) is 27.4. The molecule has 4 rings (SSSR count). The molecule has 2 N–H and O–H groups in total. The molecule has 0 saturated carbocycles. The van der Waals surface area contributed by atoms with Gasteiger partial charge < -0.3 is 15.4 Å². The molecule has 0 fully saturated rings. The Morgan fingerprint density at radius 2 is 1.36 bits per heavy atom. The molecule has 47 heavy (non-hydrogen) atoms. The van der Waals surface area contributed by atoms with Gasteiger partial charge in [0.15, 0.2) is 0 Å². The van der Waals surface area contributed by atoms with E-state index in [1.165, 1.54) is 16.7 Å². The van der Waals surface area contributed by atoms with Crippen molar-refractivity contribution in [2.45, 2.75) is 52.6 Å². The molecular weight excluding hydrogens is 645 g/mol. The van der Waals surface area contributed by atoms with E-state index < -0.39 is 43.6 Å². The molecule has 250 valence electrons. The number of fused-ring (bicyclic) bond motifs is 1. The van der Waals surface area contributed by atoms with E-state index in [2.05, 4.69) is 10.6 Å². The van der Waals surface area contributed by atoms with Crippen LogP contribution in [0, 0.1) is 0 Å². The Morgan fingerprint density at radius 1 is 0.745 bits per heavy atom. The summed E-state index contributed by atoms with van der Waals surface area (Å²) in [6.07, 6.45) is 2.37. The van der Waals surface area contributed by atoms with E-state index in [-0.39, 0.29) is 31.8 Å². The number of hydrogen-bond acceptors (Lipinski definition) is 8. The highest BCUT2D eigenvalue weighted by Crippen LogP contribution is 2.30. The number of ether oxygens (including phenoxy) is 1. The highest BCUT2D eigenvalue weighted by Gasteiger charge is 2.29. The van der Waals surface area contributed by atoms with Crippen LogP contribution in [0.2, 0.25) is 0 Å². The summed E-state index contributed by atoms with van der Waals surface area (Å²) in [7, 11) is -8.67. The van der Waals surface area contributed by atoms with Crippen LogP contribution in [-0.4, -0.2) is 57.4 Å². The Bertz CT molecular complexity index is 2060. The van der Waals surface area contributed by atoms with Gasteiger partial charge in [-0.15, -0.1) is 0 Å². The fourth-order valence-electron chi connectivity index (χ4n) is 4.76. The molecule has 0 bridgehead atoms. The van der Waals surface area contributed by atoms with E-state index in [1.807, 2.05) is 32.9 Å². The molecule has 14 heteroatoms. The smallest absolute Gasteiger partial charge is 0.418 e. The monoisotopic (exact) mass is 682 g/mol. The molecule has 0 unspecified atom stereocenters. The highest BCUT2D eigenvalue weighted by molar-refractivity contribution is 8.09. The first kappa shape index (κ1) is 35.2. The molecule has 0 aliphatic rings. The average molecular weight is 683 g/mol. The van der Waals surface area contributed by atoms with Gasteiger partial charge in [0.05, 0.1) is 35.0 Å². The molecule has 0 radical (unpaired) electrons. The fourth-order valence-corrected chi connectivity index (χ4v) is 7.72. The Morgan fingerprint density at radius 3 is 1.91 bits per heavy atom. The maximum absolute atomic E-state index is 13.8. The minimum absolute atomic E-state index is 0.00342. The van der Waals surface area contributed by atoms with Crippen molar-refractivity contribution in [3.05, 3.63) is 89.6 Å². The van der Waals surface area contributed by atoms with Gasteiger partial charge in [-0.1, -0.05) is 39.0 Å². The lowest BCUT2D eigenvalue weighted by Crippen LogP contribution is -2.35. The lowest BCUT2D eigenvalue weighted by atomic mass is 9.86. The predicted octanol–water partition coefficient (Wildman–Crippen LogP) is 5.95. The van der Waals surface area contributed by atoms with Crippen molar-refractivity contribution in [3.8, 4) is 0 Å². The molecule has 0 spiro atoms. The second-order valence-corrected chi connectivity index (χ2v) is 17.0. The van der Waals surface area contributed by atoms with Crippen molar-refractivity contribution >= 4 is 65.9 Å². The van der Waals surface area contributed by atoms with E-state index in [4.69, 9.17) is 4.74 Å². The van der Waals surface area contributed by atoms with Crippen LogP contribution in [0.5, 0.6) is 0 Å². The number of sulfonamides is 2. The van der Waals surface area contributed by atoms with Crippen LogP contribution in [0.25, 0.3) is 10.9 Å². The third-order valence-corrected chi connectivity index (χ3v) is 10.1. The van der Waals surface area contributed by atoms with Gasteiger partial charge in [0, 0.05) is 22.8 Å². The van der Waals surface area contributed by atoms with Gasteiger partial charge in [-0.3, -0.25) is 14.2 Å². The zero-order valence-corrected chi connectivity index (χ0v) is 29.0.